The molecule has 1 aromatic carbocycles. The van der Waals surface area contributed by atoms with Gasteiger partial charge in [-0.15, -0.1) is 0 Å². The SMILES string of the molecule is COc1ccc2c(c1)[C@@H](O)CC(C(C)(C)C)O2. The third-order valence-corrected chi connectivity index (χ3v) is 3.25. The molecule has 2 rings (SSSR count). The number of methoxy groups -OCH3 is 1. The van der Waals surface area contributed by atoms with E-state index in [-0.39, 0.29) is 11.5 Å². The van der Waals surface area contributed by atoms with Crippen molar-refractivity contribution in [3.05, 3.63) is 23.8 Å². The Morgan fingerprint density at radius 3 is 2.65 bits per heavy atom. The lowest BCUT2D eigenvalue weighted by molar-refractivity contribution is 0.00786. The molecule has 1 N–H and O–H groups in total. The number of aliphatic hydroxyl groups excluding tert-OH is 1. The third kappa shape index (κ3) is 2.39. The Bertz CT molecular complexity index is 406. The summed E-state index contributed by atoms with van der Waals surface area (Å²) in [6, 6.07) is 5.57. The molecular formula is C14H20O3. The molecule has 0 saturated heterocycles. The highest BCUT2D eigenvalue weighted by molar-refractivity contribution is 5.43. The first-order valence-corrected chi connectivity index (χ1v) is 5.94. The fraction of sp³-hybridized carbons (Fsp3) is 0.571. The van der Waals surface area contributed by atoms with E-state index in [1.807, 2.05) is 18.2 Å². The molecule has 3 heteroatoms. The molecule has 0 saturated carbocycles. The van der Waals surface area contributed by atoms with Gasteiger partial charge in [-0.3, -0.25) is 0 Å². The Morgan fingerprint density at radius 2 is 2.06 bits per heavy atom. The molecule has 0 fully saturated rings. The van der Waals surface area contributed by atoms with Gasteiger partial charge >= 0.3 is 0 Å². The van der Waals surface area contributed by atoms with E-state index in [9.17, 15) is 5.11 Å². The van der Waals surface area contributed by atoms with Crippen molar-refractivity contribution in [2.75, 3.05) is 7.11 Å². The average Bonchev–Trinajstić information content (AvgIpc) is 2.27. The van der Waals surface area contributed by atoms with Crippen molar-refractivity contribution >= 4 is 0 Å². The highest BCUT2D eigenvalue weighted by Crippen LogP contribution is 2.41. The van der Waals surface area contributed by atoms with E-state index in [1.165, 1.54) is 0 Å². The van der Waals surface area contributed by atoms with Crippen LogP contribution < -0.4 is 9.47 Å². The predicted octanol–water partition coefficient (Wildman–Crippen LogP) is 2.93. The van der Waals surface area contributed by atoms with Gasteiger partial charge in [-0.25, -0.2) is 0 Å². The maximum Gasteiger partial charge on any atom is 0.125 e. The summed E-state index contributed by atoms with van der Waals surface area (Å²) in [7, 11) is 1.62. The van der Waals surface area contributed by atoms with Crippen LogP contribution in [-0.4, -0.2) is 18.3 Å². The highest BCUT2D eigenvalue weighted by Gasteiger charge is 2.34. The van der Waals surface area contributed by atoms with Crippen LogP contribution in [0.2, 0.25) is 0 Å². The van der Waals surface area contributed by atoms with Gasteiger partial charge in [-0.05, 0) is 23.6 Å². The monoisotopic (exact) mass is 236 g/mol. The van der Waals surface area contributed by atoms with E-state index in [0.717, 1.165) is 17.1 Å². The zero-order chi connectivity index (χ0) is 12.6. The molecule has 3 nitrogen and oxygen atoms in total. The van der Waals surface area contributed by atoms with Crippen LogP contribution in [-0.2, 0) is 0 Å². The Kier molecular flexibility index (Phi) is 3.04. The van der Waals surface area contributed by atoms with Crippen molar-refractivity contribution in [1.29, 1.82) is 0 Å². The highest BCUT2D eigenvalue weighted by atomic mass is 16.5. The predicted molar refractivity (Wildman–Crippen MR) is 66.4 cm³/mol. The van der Waals surface area contributed by atoms with Gasteiger partial charge in [-0.2, -0.15) is 0 Å². The number of benzene rings is 1. The number of hydrogen-bond acceptors (Lipinski definition) is 3. The van der Waals surface area contributed by atoms with Crippen molar-refractivity contribution in [3.8, 4) is 11.5 Å². The van der Waals surface area contributed by atoms with Crippen LogP contribution in [0.1, 0.15) is 38.9 Å². The summed E-state index contributed by atoms with van der Waals surface area (Å²) < 4.78 is 11.1. The lowest BCUT2D eigenvalue weighted by Crippen LogP contribution is -2.36. The Balaban J connectivity index is 2.32. The lowest BCUT2D eigenvalue weighted by Gasteiger charge is -2.37. The molecule has 1 aliphatic heterocycles. The van der Waals surface area contributed by atoms with Crippen molar-refractivity contribution in [2.45, 2.75) is 39.4 Å². The largest absolute Gasteiger partial charge is 0.497 e. The standard InChI is InChI=1S/C14H20O3/c1-14(2,3)13-8-11(15)10-7-9(16-4)5-6-12(10)17-13/h5-7,11,13,15H,8H2,1-4H3/t11-,13?/m0/s1. The second-order valence-electron chi connectivity index (χ2n) is 5.63. The first-order valence-electron chi connectivity index (χ1n) is 5.94. The molecule has 1 unspecified atom stereocenters. The van der Waals surface area contributed by atoms with Crippen molar-refractivity contribution in [3.63, 3.8) is 0 Å². The van der Waals surface area contributed by atoms with Crippen LogP contribution >= 0.6 is 0 Å². The first-order chi connectivity index (χ1) is 7.91. The molecule has 0 bridgehead atoms. The summed E-state index contributed by atoms with van der Waals surface area (Å²) in [4.78, 5) is 0. The zero-order valence-corrected chi connectivity index (χ0v) is 10.9. The van der Waals surface area contributed by atoms with E-state index in [4.69, 9.17) is 9.47 Å². The van der Waals surface area contributed by atoms with E-state index < -0.39 is 6.10 Å². The Labute approximate surface area is 102 Å². The summed E-state index contributed by atoms with van der Waals surface area (Å²) in [6.45, 7) is 6.37. The molecule has 1 heterocycles. The number of fused-ring (bicyclic) bond motifs is 1. The maximum atomic E-state index is 10.2. The first kappa shape index (κ1) is 12.2. The lowest BCUT2D eigenvalue weighted by atomic mass is 9.83. The van der Waals surface area contributed by atoms with Crippen LogP contribution in [0.25, 0.3) is 0 Å². The quantitative estimate of drug-likeness (QED) is 0.814. The molecule has 0 amide bonds. The van der Waals surface area contributed by atoms with Gasteiger partial charge in [0.15, 0.2) is 0 Å². The summed E-state index contributed by atoms with van der Waals surface area (Å²) in [5.41, 5.74) is 0.850. The topological polar surface area (TPSA) is 38.7 Å². The second-order valence-corrected chi connectivity index (χ2v) is 5.63. The number of rotatable bonds is 1. The Hall–Kier alpha value is -1.22. The van der Waals surface area contributed by atoms with Crippen molar-refractivity contribution < 1.29 is 14.6 Å². The summed E-state index contributed by atoms with van der Waals surface area (Å²) >= 11 is 0. The number of hydrogen-bond donors (Lipinski definition) is 1. The van der Waals surface area contributed by atoms with Crippen LogP contribution in [0.5, 0.6) is 11.5 Å². The summed E-state index contributed by atoms with van der Waals surface area (Å²) in [6.07, 6.45) is 0.195. The van der Waals surface area contributed by atoms with Crippen LogP contribution in [0.3, 0.4) is 0 Å². The molecule has 0 aromatic heterocycles. The van der Waals surface area contributed by atoms with Crippen LogP contribution in [0, 0.1) is 5.41 Å². The zero-order valence-electron chi connectivity index (χ0n) is 10.9. The van der Waals surface area contributed by atoms with Crippen molar-refractivity contribution in [1.82, 2.24) is 0 Å². The van der Waals surface area contributed by atoms with Gasteiger partial charge in [0.1, 0.15) is 17.6 Å². The molecule has 2 atom stereocenters. The summed E-state index contributed by atoms with van der Waals surface area (Å²) in [5, 5.41) is 10.2. The molecule has 1 aromatic rings. The minimum Gasteiger partial charge on any atom is -0.497 e. The fourth-order valence-corrected chi connectivity index (χ4v) is 2.08. The molecule has 1 aliphatic rings. The van der Waals surface area contributed by atoms with E-state index >= 15 is 0 Å². The normalized spacial score (nSPS) is 23.8. The van der Waals surface area contributed by atoms with E-state index in [0.29, 0.717) is 6.42 Å². The van der Waals surface area contributed by atoms with Crippen molar-refractivity contribution in [2.24, 2.45) is 5.41 Å². The number of ether oxygens (including phenoxy) is 2. The summed E-state index contributed by atoms with van der Waals surface area (Å²) in [5.74, 6) is 1.52. The minimum absolute atomic E-state index is 0.0264. The third-order valence-electron chi connectivity index (χ3n) is 3.25. The van der Waals surface area contributed by atoms with Gasteiger partial charge in [0.2, 0.25) is 0 Å². The van der Waals surface area contributed by atoms with Gasteiger partial charge in [0, 0.05) is 12.0 Å². The van der Waals surface area contributed by atoms with Crippen LogP contribution in [0.4, 0.5) is 0 Å². The molecule has 17 heavy (non-hydrogen) atoms. The van der Waals surface area contributed by atoms with E-state index in [2.05, 4.69) is 20.8 Å². The molecular weight excluding hydrogens is 216 g/mol. The smallest absolute Gasteiger partial charge is 0.125 e. The molecule has 0 aliphatic carbocycles. The minimum atomic E-state index is -0.474. The van der Waals surface area contributed by atoms with Gasteiger partial charge in [0.25, 0.3) is 0 Å². The molecule has 0 radical (unpaired) electrons. The Morgan fingerprint density at radius 1 is 1.35 bits per heavy atom. The van der Waals surface area contributed by atoms with Gasteiger partial charge < -0.3 is 14.6 Å². The van der Waals surface area contributed by atoms with Gasteiger partial charge in [-0.1, -0.05) is 20.8 Å². The molecule has 0 spiro atoms. The fourth-order valence-electron chi connectivity index (χ4n) is 2.08. The van der Waals surface area contributed by atoms with Crippen LogP contribution in [0.15, 0.2) is 18.2 Å². The van der Waals surface area contributed by atoms with Gasteiger partial charge in [0.05, 0.1) is 13.2 Å². The maximum absolute atomic E-state index is 10.2. The molecule has 94 valence electrons. The van der Waals surface area contributed by atoms with E-state index in [1.54, 1.807) is 7.11 Å². The number of aliphatic hydroxyl groups is 1. The average molecular weight is 236 g/mol. The second kappa shape index (κ2) is 4.22.